The fourth-order valence-electron chi connectivity index (χ4n) is 0. The average molecular weight is 461 g/mol. The Morgan fingerprint density at radius 2 is 0.409 bits per heavy atom. The predicted octanol–water partition coefficient (Wildman–Crippen LogP) is -7.80. The zero-order valence-electron chi connectivity index (χ0n) is 14.1. The summed E-state index contributed by atoms with van der Waals surface area (Å²) in [6.45, 7) is 0. The molecule has 0 unspecified atom stereocenters. The summed E-state index contributed by atoms with van der Waals surface area (Å²) in [6.07, 6.45) is 0. The summed E-state index contributed by atoms with van der Waals surface area (Å²) in [7, 11) is 0. The molecule has 0 saturated carbocycles. The number of hydrogen-bond donors (Lipinski definition) is 6. The molecule has 0 aliphatic heterocycles. The van der Waals surface area contributed by atoms with Crippen molar-refractivity contribution in [2.24, 2.45) is 32.0 Å². The Hall–Kier alpha value is 1.82. The second kappa shape index (κ2) is 178. The molecule has 0 aliphatic carbocycles. The maximum Gasteiger partial charge on any atom is 1.00 e. The summed E-state index contributed by atoms with van der Waals surface area (Å²) in [6, 6.07) is 0. The molecule has 0 heterocycles. The zero-order valence-corrected chi connectivity index (χ0v) is 21.6. The molecule has 0 aromatic rings. The van der Waals surface area contributed by atoms with Gasteiger partial charge in [-0.1, -0.05) is 0 Å². The third kappa shape index (κ3) is 2870. The minimum atomic E-state index is 0. The van der Waals surface area contributed by atoms with Crippen LogP contribution in [-0.4, -0.2) is 31.2 Å². The fraction of sp³-hybridized carbons (Fsp3) is 0. The van der Waals surface area contributed by atoms with Crippen LogP contribution in [0, 0.1) is 29.4 Å². The van der Waals surface area contributed by atoms with Crippen LogP contribution in [0.2, 0.25) is 0 Å². The van der Waals surface area contributed by atoms with Gasteiger partial charge in [-0.3, -0.25) is 0 Å². The molecule has 0 aromatic heterocycles. The maximum absolute atomic E-state index is 8.11. The first kappa shape index (κ1) is 65.0. The summed E-state index contributed by atoms with van der Waals surface area (Å²) in [5.74, 6) is 0. The molecule has 0 rings (SSSR count). The van der Waals surface area contributed by atoms with Gasteiger partial charge in [0.15, 0.2) is 32.0 Å². The SMILES string of the molecule is O=NO.O=NO.O=NO.O=NO.O=NO.O=NO.[Co].[H-].[H-].[H-].[K+].[K+].[K+]. The van der Waals surface area contributed by atoms with Gasteiger partial charge in [0.2, 0.25) is 0 Å². The first-order chi connectivity index (χ1) is 8.49. The monoisotopic (exact) mass is 461 g/mol. The normalized spacial score (nSPS) is 3.27. The Morgan fingerprint density at radius 3 is 0.409 bits per heavy atom. The second-order valence-corrected chi connectivity index (χ2v) is 0.490. The molecule has 0 aromatic carbocycles. The van der Waals surface area contributed by atoms with Crippen molar-refractivity contribution < 1.29 is 206 Å². The third-order valence-corrected chi connectivity index (χ3v) is 0. The van der Waals surface area contributed by atoms with Gasteiger partial charge < -0.3 is 35.5 Å². The van der Waals surface area contributed by atoms with Crippen molar-refractivity contribution in [1.29, 1.82) is 0 Å². The van der Waals surface area contributed by atoms with Gasteiger partial charge in [-0.05, 0) is 0 Å². The summed E-state index contributed by atoms with van der Waals surface area (Å²) < 4.78 is 0. The van der Waals surface area contributed by atoms with Crippen LogP contribution < -0.4 is 154 Å². The van der Waals surface area contributed by atoms with E-state index in [0.717, 1.165) is 0 Å². The molecule has 0 fully saturated rings. The smallest absolute Gasteiger partial charge is 1.00 e. The van der Waals surface area contributed by atoms with E-state index in [9.17, 15) is 0 Å². The van der Waals surface area contributed by atoms with E-state index in [-0.39, 0.29) is 175 Å². The summed E-state index contributed by atoms with van der Waals surface area (Å²) in [5.41, 5.74) is 0. The van der Waals surface area contributed by atoms with E-state index in [1.807, 2.05) is 0 Å². The molecule has 0 bridgehead atoms. The fourth-order valence-corrected chi connectivity index (χ4v) is 0. The van der Waals surface area contributed by atoms with E-state index in [2.05, 4.69) is 0 Å². The summed E-state index contributed by atoms with van der Waals surface area (Å²) >= 11 is 0. The van der Waals surface area contributed by atoms with Crippen molar-refractivity contribution in [2.45, 2.75) is 0 Å². The molecule has 18 nitrogen and oxygen atoms in total. The Bertz CT molecular complexity index is 140. The summed E-state index contributed by atoms with van der Waals surface area (Å²) in [5, 5.41) is 47.3. The van der Waals surface area contributed by atoms with Crippen LogP contribution >= 0.6 is 0 Å². The first-order valence-corrected chi connectivity index (χ1v) is 2.30. The van der Waals surface area contributed by atoms with E-state index in [1.165, 1.54) is 32.0 Å². The van der Waals surface area contributed by atoms with Crippen LogP contribution in [-0.2, 0) is 16.8 Å². The number of nitrogens with zero attached hydrogens (tertiary/aromatic N) is 6. The largest absolute Gasteiger partial charge is 1.00 e. The predicted molar refractivity (Wildman–Crippen MR) is 48.8 cm³/mol. The second-order valence-electron chi connectivity index (χ2n) is 0.490. The van der Waals surface area contributed by atoms with Crippen molar-refractivity contribution in [3.63, 3.8) is 0 Å². The quantitative estimate of drug-likeness (QED) is 0.111. The minimum Gasteiger partial charge on any atom is -1.00 e. The Morgan fingerprint density at radius 1 is 0.409 bits per heavy atom. The van der Waals surface area contributed by atoms with Crippen LogP contribution in [0.4, 0.5) is 0 Å². The minimum absolute atomic E-state index is 0. The van der Waals surface area contributed by atoms with Crippen LogP contribution in [0.1, 0.15) is 4.28 Å². The molecule has 0 amide bonds. The molecule has 6 N–H and O–H groups in total. The van der Waals surface area contributed by atoms with Gasteiger partial charge in [0.1, 0.15) is 0 Å². The molecule has 22 heteroatoms. The van der Waals surface area contributed by atoms with Gasteiger partial charge in [0.25, 0.3) is 0 Å². The van der Waals surface area contributed by atoms with Crippen LogP contribution in [0.3, 0.4) is 0 Å². The van der Waals surface area contributed by atoms with Gasteiger partial charge in [0, 0.05) is 16.8 Å². The van der Waals surface area contributed by atoms with Gasteiger partial charge >= 0.3 is 154 Å². The van der Waals surface area contributed by atoms with E-state index in [4.69, 9.17) is 60.7 Å². The van der Waals surface area contributed by atoms with Crippen molar-refractivity contribution in [3.8, 4) is 0 Å². The van der Waals surface area contributed by atoms with Crippen molar-refractivity contribution in [2.75, 3.05) is 0 Å². The average Bonchev–Trinajstić information content (AvgIpc) is 2.23. The summed E-state index contributed by atoms with van der Waals surface area (Å²) in [4.78, 5) is 48.7. The van der Waals surface area contributed by atoms with Gasteiger partial charge in [-0.25, -0.2) is 0 Å². The Balaban J connectivity index is -0.00000000595. The Labute approximate surface area is 262 Å². The van der Waals surface area contributed by atoms with E-state index < -0.39 is 0 Å². The van der Waals surface area contributed by atoms with Gasteiger partial charge in [-0.15, -0.1) is 29.4 Å². The van der Waals surface area contributed by atoms with E-state index in [1.54, 1.807) is 0 Å². The zero-order chi connectivity index (χ0) is 16.2. The van der Waals surface area contributed by atoms with Gasteiger partial charge in [-0.2, -0.15) is 0 Å². The van der Waals surface area contributed by atoms with E-state index >= 15 is 0 Å². The molecule has 0 spiro atoms. The van der Waals surface area contributed by atoms with Crippen molar-refractivity contribution >= 4 is 0 Å². The third-order valence-electron chi connectivity index (χ3n) is 0. The Kier molecular flexibility index (Phi) is 525. The molecule has 22 heavy (non-hydrogen) atoms. The molecule has 0 saturated heterocycles. The standard InChI is InChI=1S/Co.3K.6HNO2.3H/c;;;;6*2-1-3;;;/h;;;;6*(H,2,3);;;/q;3*+1;;;;;;;3*-1. The molecular weight excluding hydrogens is 452 g/mol. The first-order valence-electron chi connectivity index (χ1n) is 2.30. The van der Waals surface area contributed by atoms with Crippen molar-refractivity contribution in [3.05, 3.63) is 29.4 Å². The molecule has 1 radical (unpaired) electrons. The molecule has 123 valence electrons. The van der Waals surface area contributed by atoms with Crippen LogP contribution in [0.15, 0.2) is 32.0 Å². The van der Waals surface area contributed by atoms with Gasteiger partial charge in [0.05, 0.1) is 0 Å². The molecule has 0 atom stereocenters. The van der Waals surface area contributed by atoms with E-state index in [0.29, 0.717) is 0 Å². The van der Waals surface area contributed by atoms with Crippen LogP contribution in [0.5, 0.6) is 0 Å². The topological polar surface area (TPSA) is 298 Å². The maximum atomic E-state index is 8.11. The molecule has 0 aliphatic rings. The number of rotatable bonds is 0. The van der Waals surface area contributed by atoms with Crippen LogP contribution in [0.25, 0.3) is 0 Å². The number of hydrogen-bond acceptors (Lipinski definition) is 12. The van der Waals surface area contributed by atoms with Crippen molar-refractivity contribution in [1.82, 2.24) is 0 Å². The molecular formula is H9CoK3N6O12.